The van der Waals surface area contributed by atoms with Gasteiger partial charge in [0.15, 0.2) is 0 Å². The molecule has 2 heterocycles. The summed E-state index contributed by atoms with van der Waals surface area (Å²) in [5.74, 6) is 0.262. The Bertz CT molecular complexity index is 447. The van der Waals surface area contributed by atoms with Gasteiger partial charge in [-0.2, -0.15) is 0 Å². The number of aliphatic hydroxyl groups excluding tert-OH is 1. The zero-order chi connectivity index (χ0) is 14.4. The van der Waals surface area contributed by atoms with E-state index >= 15 is 0 Å². The quantitative estimate of drug-likeness (QED) is 0.774. The Labute approximate surface area is 117 Å². The van der Waals surface area contributed by atoms with Crippen molar-refractivity contribution in [3.63, 3.8) is 0 Å². The molecule has 0 spiro atoms. The number of carbonyl (C=O) groups excluding carboxylic acids is 1. The Morgan fingerprint density at radius 3 is 2.90 bits per heavy atom. The summed E-state index contributed by atoms with van der Waals surface area (Å²) in [6.07, 6.45) is 3.48. The highest BCUT2D eigenvalue weighted by molar-refractivity contribution is 5.85. The van der Waals surface area contributed by atoms with E-state index in [4.69, 9.17) is 9.84 Å². The summed E-state index contributed by atoms with van der Waals surface area (Å²) in [5.41, 5.74) is 0. The van der Waals surface area contributed by atoms with Gasteiger partial charge in [-0.25, -0.2) is 14.8 Å². The van der Waals surface area contributed by atoms with Crippen LogP contribution in [0.25, 0.3) is 0 Å². The van der Waals surface area contributed by atoms with Crippen molar-refractivity contribution >= 4 is 11.8 Å². The molecule has 1 aliphatic rings. The van der Waals surface area contributed by atoms with Crippen LogP contribution in [-0.4, -0.2) is 60.6 Å². The minimum absolute atomic E-state index is 0.0502. The zero-order valence-electron chi connectivity index (χ0n) is 11.5. The number of anilines is 1. The van der Waals surface area contributed by atoms with E-state index in [9.17, 15) is 4.79 Å². The highest BCUT2D eigenvalue weighted by atomic mass is 16.5. The van der Waals surface area contributed by atoms with Gasteiger partial charge >= 0.3 is 5.97 Å². The summed E-state index contributed by atoms with van der Waals surface area (Å²) >= 11 is 0. The molecule has 0 amide bonds. The topological polar surface area (TPSA) is 84.8 Å². The average molecular weight is 281 g/mol. The lowest BCUT2D eigenvalue weighted by molar-refractivity contribution is 0.0158. The van der Waals surface area contributed by atoms with Crippen molar-refractivity contribution in [1.82, 2.24) is 9.97 Å². The third-order valence-electron chi connectivity index (χ3n) is 3.22. The molecule has 7 nitrogen and oxygen atoms in total. The van der Waals surface area contributed by atoms with E-state index < -0.39 is 5.97 Å². The van der Waals surface area contributed by atoms with Crippen LogP contribution in [0.5, 0.6) is 0 Å². The lowest BCUT2D eigenvalue weighted by Crippen LogP contribution is -2.38. The first-order chi connectivity index (χ1) is 9.74. The number of methoxy groups -OCH3 is 1. The summed E-state index contributed by atoms with van der Waals surface area (Å²) in [6, 6.07) is 1.78. The van der Waals surface area contributed by atoms with Gasteiger partial charge in [-0.15, -0.1) is 0 Å². The summed E-state index contributed by atoms with van der Waals surface area (Å²) < 4.78 is 10.1. The van der Waals surface area contributed by atoms with Gasteiger partial charge in [0, 0.05) is 19.3 Å². The third-order valence-corrected chi connectivity index (χ3v) is 3.22. The lowest BCUT2D eigenvalue weighted by Gasteiger charge is -2.32. The molecule has 0 atom stereocenters. The van der Waals surface area contributed by atoms with E-state index in [-0.39, 0.29) is 18.5 Å². The van der Waals surface area contributed by atoms with Crippen molar-refractivity contribution < 1.29 is 19.4 Å². The molecule has 1 aromatic heterocycles. The van der Waals surface area contributed by atoms with E-state index in [2.05, 4.69) is 19.6 Å². The summed E-state index contributed by atoms with van der Waals surface area (Å²) in [4.78, 5) is 21.6. The highest BCUT2D eigenvalue weighted by Crippen LogP contribution is 2.19. The van der Waals surface area contributed by atoms with Crippen molar-refractivity contribution in [3.05, 3.63) is 18.1 Å². The predicted molar refractivity (Wildman–Crippen MR) is 71.6 cm³/mol. The van der Waals surface area contributed by atoms with E-state index in [1.165, 1.54) is 7.11 Å². The maximum absolute atomic E-state index is 11.4. The van der Waals surface area contributed by atoms with Crippen LogP contribution in [0.2, 0.25) is 0 Å². The zero-order valence-corrected chi connectivity index (χ0v) is 11.5. The van der Waals surface area contributed by atoms with E-state index in [0.717, 1.165) is 31.7 Å². The molecule has 1 aromatic rings. The number of aromatic nitrogens is 2. The van der Waals surface area contributed by atoms with Gasteiger partial charge in [-0.1, -0.05) is 0 Å². The molecule has 1 N–H and O–H groups in total. The van der Waals surface area contributed by atoms with Crippen molar-refractivity contribution in [1.29, 1.82) is 0 Å². The van der Waals surface area contributed by atoms with Crippen LogP contribution in [0.1, 0.15) is 23.5 Å². The van der Waals surface area contributed by atoms with Gasteiger partial charge in [0.2, 0.25) is 5.82 Å². The number of hydrogen-bond acceptors (Lipinski definition) is 7. The number of esters is 1. The Hall–Kier alpha value is -1.73. The molecular formula is C13H19N3O4. The maximum atomic E-state index is 11.4. The minimum Gasteiger partial charge on any atom is -0.463 e. The van der Waals surface area contributed by atoms with Crippen molar-refractivity contribution in [2.75, 3.05) is 38.3 Å². The van der Waals surface area contributed by atoms with Gasteiger partial charge in [0.05, 0.1) is 26.4 Å². The summed E-state index contributed by atoms with van der Waals surface area (Å²) in [7, 11) is 1.31. The molecule has 0 aromatic carbocycles. The smallest absolute Gasteiger partial charge is 0.376 e. The number of nitrogens with zero attached hydrogens (tertiary/aromatic N) is 3. The molecule has 110 valence electrons. The third kappa shape index (κ3) is 3.64. The Balaban J connectivity index is 1.95. The van der Waals surface area contributed by atoms with Gasteiger partial charge in [-0.3, -0.25) is 0 Å². The molecule has 0 bridgehead atoms. The van der Waals surface area contributed by atoms with Gasteiger partial charge in [0.25, 0.3) is 0 Å². The normalized spacial score (nSPS) is 16.2. The Kier molecular flexibility index (Phi) is 5.25. The highest BCUT2D eigenvalue weighted by Gasteiger charge is 2.21. The number of rotatable bonds is 5. The Morgan fingerprint density at radius 2 is 2.25 bits per heavy atom. The van der Waals surface area contributed by atoms with E-state index in [1.807, 2.05) is 0 Å². The summed E-state index contributed by atoms with van der Waals surface area (Å²) in [5, 5.41) is 8.74. The first kappa shape index (κ1) is 14.7. The molecule has 0 saturated carbocycles. The van der Waals surface area contributed by atoms with Crippen LogP contribution in [0, 0.1) is 0 Å². The number of piperidine rings is 1. The molecule has 1 fully saturated rings. The second-order valence-corrected chi connectivity index (χ2v) is 4.51. The van der Waals surface area contributed by atoms with Gasteiger partial charge in [0.1, 0.15) is 5.82 Å². The molecule has 0 radical (unpaired) electrons. The maximum Gasteiger partial charge on any atom is 0.376 e. The van der Waals surface area contributed by atoms with Crippen molar-refractivity contribution in [2.24, 2.45) is 0 Å². The standard InChI is InChI=1S/C13H19N3O4/c1-19-13(18)12-14-5-2-11(15-12)16-6-3-10(4-7-16)20-9-8-17/h2,5,10,17H,3-4,6-9H2,1H3. The fourth-order valence-corrected chi connectivity index (χ4v) is 2.19. The average Bonchev–Trinajstić information content (AvgIpc) is 2.52. The van der Waals surface area contributed by atoms with Crippen molar-refractivity contribution in [2.45, 2.75) is 18.9 Å². The van der Waals surface area contributed by atoms with Crippen LogP contribution in [-0.2, 0) is 9.47 Å². The van der Waals surface area contributed by atoms with Crippen LogP contribution in [0.15, 0.2) is 12.3 Å². The van der Waals surface area contributed by atoms with Crippen LogP contribution >= 0.6 is 0 Å². The van der Waals surface area contributed by atoms with Gasteiger partial charge in [-0.05, 0) is 18.9 Å². The van der Waals surface area contributed by atoms with Crippen LogP contribution in [0.3, 0.4) is 0 Å². The molecular weight excluding hydrogens is 262 g/mol. The fourth-order valence-electron chi connectivity index (χ4n) is 2.19. The minimum atomic E-state index is -0.534. The van der Waals surface area contributed by atoms with Crippen molar-refractivity contribution in [3.8, 4) is 0 Å². The number of ether oxygens (including phenoxy) is 2. The van der Waals surface area contributed by atoms with Crippen LogP contribution < -0.4 is 4.90 Å². The largest absolute Gasteiger partial charge is 0.463 e. The molecule has 7 heteroatoms. The Morgan fingerprint density at radius 1 is 1.50 bits per heavy atom. The first-order valence-electron chi connectivity index (χ1n) is 6.63. The second kappa shape index (κ2) is 7.16. The fraction of sp³-hybridized carbons (Fsp3) is 0.615. The summed E-state index contributed by atoms with van der Waals surface area (Å²) in [6.45, 7) is 2.03. The van der Waals surface area contributed by atoms with E-state index in [0.29, 0.717) is 6.61 Å². The van der Waals surface area contributed by atoms with E-state index in [1.54, 1.807) is 12.3 Å². The number of carbonyl (C=O) groups is 1. The second-order valence-electron chi connectivity index (χ2n) is 4.51. The molecule has 1 aliphatic heterocycles. The SMILES string of the molecule is COC(=O)c1nccc(N2CCC(OCCO)CC2)n1. The monoisotopic (exact) mass is 281 g/mol. The lowest BCUT2D eigenvalue weighted by atomic mass is 10.1. The molecule has 1 saturated heterocycles. The first-order valence-corrected chi connectivity index (χ1v) is 6.63. The number of aliphatic hydroxyl groups is 1. The molecule has 20 heavy (non-hydrogen) atoms. The van der Waals surface area contributed by atoms with Gasteiger partial charge < -0.3 is 19.5 Å². The molecule has 2 rings (SSSR count). The molecule has 0 unspecified atom stereocenters. The van der Waals surface area contributed by atoms with Crippen LogP contribution in [0.4, 0.5) is 5.82 Å². The predicted octanol–water partition coefficient (Wildman–Crippen LogP) is 0.241. The molecule has 0 aliphatic carbocycles. The number of hydrogen-bond donors (Lipinski definition) is 1.